The molecular formula is C12H15NO. The molecule has 0 amide bonds. The van der Waals surface area contributed by atoms with Crippen LogP contribution in [0.2, 0.25) is 0 Å². The van der Waals surface area contributed by atoms with E-state index in [4.69, 9.17) is 4.74 Å². The van der Waals surface area contributed by atoms with Crippen molar-refractivity contribution in [3.8, 4) is 5.75 Å². The summed E-state index contributed by atoms with van der Waals surface area (Å²) in [5.41, 5.74) is 2.96. The van der Waals surface area contributed by atoms with E-state index in [2.05, 4.69) is 23.5 Å². The van der Waals surface area contributed by atoms with Crippen LogP contribution >= 0.6 is 0 Å². The molecule has 0 bridgehead atoms. The molecule has 3 rings (SSSR count). The number of nitrogens with one attached hydrogen (secondary N) is 1. The Bertz CT molecular complexity index is 348. The Balaban J connectivity index is 2.14. The fraction of sp³-hybridized carbons (Fsp3) is 0.500. The highest BCUT2D eigenvalue weighted by atomic mass is 16.5. The third kappa shape index (κ3) is 1.22. The van der Waals surface area contributed by atoms with Gasteiger partial charge in [0.15, 0.2) is 0 Å². The molecule has 74 valence electrons. The van der Waals surface area contributed by atoms with Crippen molar-refractivity contribution >= 4 is 0 Å². The summed E-state index contributed by atoms with van der Waals surface area (Å²) in [4.78, 5) is 0. The molecule has 2 aliphatic heterocycles. The van der Waals surface area contributed by atoms with Gasteiger partial charge in [0.05, 0.1) is 6.61 Å². The lowest BCUT2D eigenvalue weighted by molar-refractivity contribution is 0.266. The van der Waals surface area contributed by atoms with Gasteiger partial charge in [-0.15, -0.1) is 0 Å². The summed E-state index contributed by atoms with van der Waals surface area (Å²) in [6.07, 6.45) is 2.31. The van der Waals surface area contributed by atoms with E-state index in [1.807, 2.05) is 0 Å². The molecule has 1 N–H and O–H groups in total. The number of ether oxygens (including phenoxy) is 1. The van der Waals surface area contributed by atoms with Gasteiger partial charge in [-0.1, -0.05) is 12.1 Å². The molecule has 1 aromatic rings. The highest BCUT2D eigenvalue weighted by Crippen LogP contribution is 2.36. The van der Waals surface area contributed by atoms with E-state index in [9.17, 15) is 0 Å². The van der Waals surface area contributed by atoms with E-state index in [-0.39, 0.29) is 0 Å². The molecule has 2 aliphatic rings. The van der Waals surface area contributed by atoms with Crippen molar-refractivity contribution in [1.29, 1.82) is 0 Å². The molecule has 0 spiro atoms. The van der Waals surface area contributed by atoms with Crippen LogP contribution in [0.15, 0.2) is 18.2 Å². The maximum absolute atomic E-state index is 5.70. The van der Waals surface area contributed by atoms with Crippen LogP contribution in [0, 0.1) is 0 Å². The Kier molecular flexibility index (Phi) is 1.95. The van der Waals surface area contributed by atoms with E-state index in [1.165, 1.54) is 11.1 Å². The molecule has 2 heterocycles. The maximum Gasteiger partial charge on any atom is 0.123 e. The first-order chi connectivity index (χ1) is 6.95. The Morgan fingerprint density at radius 3 is 3.36 bits per heavy atom. The first-order valence-electron chi connectivity index (χ1n) is 5.40. The highest BCUT2D eigenvalue weighted by molar-refractivity contribution is 5.45. The fourth-order valence-electron chi connectivity index (χ4n) is 2.56. The normalized spacial score (nSPS) is 24.7. The Hall–Kier alpha value is -1.02. The summed E-state index contributed by atoms with van der Waals surface area (Å²) in [6, 6.07) is 6.46. The molecule has 0 saturated carbocycles. The predicted molar refractivity (Wildman–Crippen MR) is 55.9 cm³/mol. The molecule has 14 heavy (non-hydrogen) atoms. The van der Waals surface area contributed by atoms with Gasteiger partial charge in [0.25, 0.3) is 0 Å². The molecule has 0 aliphatic carbocycles. The fourth-order valence-corrected chi connectivity index (χ4v) is 2.56. The Labute approximate surface area is 84.3 Å². The monoisotopic (exact) mass is 189 g/mol. The van der Waals surface area contributed by atoms with Crippen molar-refractivity contribution in [2.45, 2.75) is 18.8 Å². The van der Waals surface area contributed by atoms with Crippen molar-refractivity contribution in [1.82, 2.24) is 5.32 Å². The molecule has 0 saturated heterocycles. The van der Waals surface area contributed by atoms with Crippen molar-refractivity contribution < 1.29 is 4.74 Å². The Morgan fingerprint density at radius 1 is 1.36 bits per heavy atom. The average Bonchev–Trinajstić information content (AvgIpc) is 2.44. The lowest BCUT2D eigenvalue weighted by Gasteiger charge is -2.26. The minimum atomic E-state index is 0.678. The van der Waals surface area contributed by atoms with Crippen molar-refractivity contribution in [2.75, 3.05) is 19.7 Å². The van der Waals surface area contributed by atoms with Crippen LogP contribution in [0.5, 0.6) is 5.75 Å². The van der Waals surface area contributed by atoms with Gasteiger partial charge in [-0.2, -0.15) is 0 Å². The molecule has 0 fully saturated rings. The molecule has 0 radical (unpaired) electrons. The van der Waals surface area contributed by atoms with Gasteiger partial charge in [0, 0.05) is 18.0 Å². The molecule has 1 unspecified atom stereocenters. The predicted octanol–water partition coefficient (Wildman–Crippen LogP) is 1.70. The summed E-state index contributed by atoms with van der Waals surface area (Å²) in [5.74, 6) is 1.81. The Morgan fingerprint density at radius 2 is 2.36 bits per heavy atom. The van der Waals surface area contributed by atoms with E-state index < -0.39 is 0 Å². The van der Waals surface area contributed by atoms with Crippen molar-refractivity contribution in [3.05, 3.63) is 29.3 Å². The standard InChI is InChI=1S/C12H15NO/c1-2-9-4-6-13-8-10-5-7-14-11(3-1)12(9)10/h1-3,10,13H,4-8H2. The van der Waals surface area contributed by atoms with Gasteiger partial charge >= 0.3 is 0 Å². The van der Waals surface area contributed by atoms with E-state index >= 15 is 0 Å². The van der Waals surface area contributed by atoms with Gasteiger partial charge < -0.3 is 10.1 Å². The minimum absolute atomic E-state index is 0.678. The zero-order valence-electron chi connectivity index (χ0n) is 8.25. The summed E-state index contributed by atoms with van der Waals surface area (Å²) in [6.45, 7) is 3.10. The SMILES string of the molecule is c1cc2c3c(c1)OCCC3CNCC2. The summed E-state index contributed by atoms with van der Waals surface area (Å²) < 4.78 is 5.70. The second-order valence-corrected chi connectivity index (χ2v) is 4.12. The smallest absolute Gasteiger partial charge is 0.123 e. The lowest BCUT2D eigenvalue weighted by atomic mass is 9.89. The van der Waals surface area contributed by atoms with Gasteiger partial charge in [-0.3, -0.25) is 0 Å². The second kappa shape index (κ2) is 3.28. The molecule has 0 aromatic heterocycles. The summed E-state index contributed by atoms with van der Waals surface area (Å²) in [7, 11) is 0. The molecular weight excluding hydrogens is 174 g/mol. The van der Waals surface area contributed by atoms with Crippen molar-refractivity contribution in [2.24, 2.45) is 0 Å². The number of hydrogen-bond acceptors (Lipinski definition) is 2. The number of benzene rings is 1. The quantitative estimate of drug-likeness (QED) is 0.670. The van der Waals surface area contributed by atoms with Gasteiger partial charge in [-0.25, -0.2) is 0 Å². The molecule has 1 atom stereocenters. The number of hydrogen-bond donors (Lipinski definition) is 1. The van der Waals surface area contributed by atoms with Crippen LogP contribution in [0.1, 0.15) is 23.5 Å². The summed E-state index contributed by atoms with van der Waals surface area (Å²) in [5, 5.41) is 3.50. The first-order valence-corrected chi connectivity index (χ1v) is 5.40. The van der Waals surface area contributed by atoms with Crippen LogP contribution < -0.4 is 10.1 Å². The van der Waals surface area contributed by atoms with Gasteiger partial charge in [0.1, 0.15) is 5.75 Å². The topological polar surface area (TPSA) is 21.3 Å². The zero-order valence-corrected chi connectivity index (χ0v) is 8.25. The minimum Gasteiger partial charge on any atom is -0.493 e. The maximum atomic E-state index is 5.70. The van der Waals surface area contributed by atoms with Gasteiger partial charge in [0.2, 0.25) is 0 Å². The largest absolute Gasteiger partial charge is 0.493 e. The van der Waals surface area contributed by atoms with E-state index in [0.717, 1.165) is 38.3 Å². The van der Waals surface area contributed by atoms with Crippen molar-refractivity contribution in [3.63, 3.8) is 0 Å². The van der Waals surface area contributed by atoms with Crippen LogP contribution in [0.3, 0.4) is 0 Å². The first kappa shape index (κ1) is 8.30. The summed E-state index contributed by atoms with van der Waals surface area (Å²) >= 11 is 0. The van der Waals surface area contributed by atoms with Crippen LogP contribution in [0.4, 0.5) is 0 Å². The van der Waals surface area contributed by atoms with E-state index in [1.54, 1.807) is 0 Å². The molecule has 1 aromatic carbocycles. The molecule has 2 heteroatoms. The highest BCUT2D eigenvalue weighted by Gasteiger charge is 2.25. The van der Waals surface area contributed by atoms with Crippen LogP contribution in [0.25, 0.3) is 0 Å². The zero-order chi connectivity index (χ0) is 9.38. The average molecular weight is 189 g/mol. The van der Waals surface area contributed by atoms with Crippen LogP contribution in [-0.4, -0.2) is 19.7 Å². The lowest BCUT2D eigenvalue weighted by Crippen LogP contribution is -2.24. The van der Waals surface area contributed by atoms with E-state index in [0.29, 0.717) is 5.92 Å². The number of rotatable bonds is 0. The van der Waals surface area contributed by atoms with Gasteiger partial charge in [-0.05, 0) is 31.0 Å². The molecule has 2 nitrogen and oxygen atoms in total. The third-order valence-corrected chi connectivity index (χ3v) is 3.25. The second-order valence-electron chi connectivity index (χ2n) is 4.12. The van der Waals surface area contributed by atoms with Crippen LogP contribution in [-0.2, 0) is 6.42 Å². The third-order valence-electron chi connectivity index (χ3n) is 3.25.